The van der Waals surface area contributed by atoms with Crippen LogP contribution in [0.15, 0.2) is 59.3 Å². The zero-order valence-electron chi connectivity index (χ0n) is 16.9. The lowest BCUT2D eigenvalue weighted by atomic mass is 10.1. The normalized spacial score (nSPS) is 14.1. The molecule has 3 heterocycles. The van der Waals surface area contributed by atoms with E-state index in [0.29, 0.717) is 25.3 Å². The number of benzene rings is 1. The third-order valence-corrected chi connectivity index (χ3v) is 5.51. The highest BCUT2D eigenvalue weighted by molar-refractivity contribution is 5.93. The molecule has 29 heavy (non-hydrogen) atoms. The largest absolute Gasteiger partial charge is 0.467 e. The van der Waals surface area contributed by atoms with Crippen molar-refractivity contribution >= 4 is 17.3 Å². The van der Waals surface area contributed by atoms with Gasteiger partial charge in [-0.2, -0.15) is 0 Å². The summed E-state index contributed by atoms with van der Waals surface area (Å²) in [6.07, 6.45) is 3.32. The lowest BCUT2D eigenvalue weighted by Crippen LogP contribution is -2.49. The molecule has 6 heteroatoms. The summed E-state index contributed by atoms with van der Waals surface area (Å²) in [6.45, 7) is 7.90. The van der Waals surface area contributed by atoms with Crippen molar-refractivity contribution in [1.29, 1.82) is 0 Å². The van der Waals surface area contributed by atoms with Crippen molar-refractivity contribution in [3.63, 3.8) is 0 Å². The summed E-state index contributed by atoms with van der Waals surface area (Å²) in [5.41, 5.74) is 5.19. The molecule has 1 aliphatic heterocycles. The van der Waals surface area contributed by atoms with Gasteiger partial charge in [0.15, 0.2) is 0 Å². The molecule has 1 aliphatic rings. The third kappa shape index (κ3) is 4.26. The fourth-order valence-corrected chi connectivity index (χ4v) is 3.65. The standard InChI is InChI=1S/C23H26N4O2/c1-17-5-3-7-22(18(17)2)26-10-12-27(13-11-26)23(28)21-15-19(8-9-24-21)25-16-20-6-4-14-29-20/h3-9,14-15H,10-13,16H2,1-2H3,(H,24,25). The van der Waals surface area contributed by atoms with Crippen LogP contribution in [0.3, 0.4) is 0 Å². The highest BCUT2D eigenvalue weighted by atomic mass is 16.3. The maximum atomic E-state index is 12.9. The first-order valence-corrected chi connectivity index (χ1v) is 9.94. The van der Waals surface area contributed by atoms with Gasteiger partial charge >= 0.3 is 0 Å². The number of anilines is 2. The smallest absolute Gasteiger partial charge is 0.272 e. The fraction of sp³-hybridized carbons (Fsp3) is 0.304. The zero-order chi connectivity index (χ0) is 20.2. The number of nitrogens with zero attached hydrogens (tertiary/aromatic N) is 3. The summed E-state index contributed by atoms with van der Waals surface area (Å²) in [4.78, 5) is 21.5. The molecule has 150 valence electrons. The lowest BCUT2D eigenvalue weighted by Gasteiger charge is -2.37. The van der Waals surface area contributed by atoms with Gasteiger partial charge in [-0.1, -0.05) is 12.1 Å². The first-order valence-electron chi connectivity index (χ1n) is 9.94. The van der Waals surface area contributed by atoms with E-state index in [1.54, 1.807) is 12.5 Å². The van der Waals surface area contributed by atoms with E-state index in [2.05, 4.69) is 47.2 Å². The fourth-order valence-electron chi connectivity index (χ4n) is 3.65. The van der Waals surface area contributed by atoms with Crippen LogP contribution >= 0.6 is 0 Å². The maximum Gasteiger partial charge on any atom is 0.272 e. The number of carbonyl (C=O) groups is 1. The number of hydrogen-bond acceptors (Lipinski definition) is 5. The minimum absolute atomic E-state index is 0.0211. The zero-order valence-corrected chi connectivity index (χ0v) is 16.9. The summed E-state index contributed by atoms with van der Waals surface area (Å²) in [5.74, 6) is 0.824. The summed E-state index contributed by atoms with van der Waals surface area (Å²) in [5, 5.41) is 3.27. The summed E-state index contributed by atoms with van der Waals surface area (Å²) in [7, 11) is 0. The lowest BCUT2D eigenvalue weighted by molar-refractivity contribution is 0.0741. The van der Waals surface area contributed by atoms with Crippen molar-refractivity contribution in [2.75, 3.05) is 36.4 Å². The van der Waals surface area contributed by atoms with Crippen LogP contribution < -0.4 is 10.2 Å². The maximum absolute atomic E-state index is 12.9. The van der Waals surface area contributed by atoms with Gasteiger partial charge in [0.05, 0.1) is 12.8 Å². The van der Waals surface area contributed by atoms with Gasteiger partial charge in [-0.25, -0.2) is 0 Å². The molecule has 6 nitrogen and oxygen atoms in total. The number of hydrogen-bond donors (Lipinski definition) is 1. The minimum Gasteiger partial charge on any atom is -0.467 e. The number of amides is 1. The number of aromatic nitrogens is 1. The molecular formula is C23H26N4O2. The van der Waals surface area contributed by atoms with E-state index in [-0.39, 0.29) is 5.91 Å². The Morgan fingerprint density at radius 2 is 1.93 bits per heavy atom. The molecule has 0 aliphatic carbocycles. The Morgan fingerprint density at radius 3 is 2.69 bits per heavy atom. The molecule has 0 radical (unpaired) electrons. The Kier molecular flexibility index (Phi) is 5.51. The van der Waals surface area contributed by atoms with Gasteiger partial charge in [-0.15, -0.1) is 0 Å². The molecule has 1 amide bonds. The van der Waals surface area contributed by atoms with Gasteiger partial charge in [0, 0.05) is 43.8 Å². The minimum atomic E-state index is -0.0211. The van der Waals surface area contributed by atoms with E-state index in [4.69, 9.17) is 4.42 Å². The van der Waals surface area contributed by atoms with Gasteiger partial charge in [0.1, 0.15) is 11.5 Å². The Morgan fingerprint density at radius 1 is 1.10 bits per heavy atom. The molecule has 0 spiro atoms. The van der Waals surface area contributed by atoms with E-state index in [9.17, 15) is 4.79 Å². The topological polar surface area (TPSA) is 61.6 Å². The van der Waals surface area contributed by atoms with Crippen LogP contribution in [0.25, 0.3) is 0 Å². The van der Waals surface area contributed by atoms with E-state index in [1.807, 2.05) is 29.2 Å². The third-order valence-electron chi connectivity index (χ3n) is 5.51. The molecule has 1 saturated heterocycles. The van der Waals surface area contributed by atoms with Crippen LogP contribution in [0.2, 0.25) is 0 Å². The van der Waals surface area contributed by atoms with Gasteiger partial charge in [-0.05, 0) is 55.3 Å². The van der Waals surface area contributed by atoms with Crippen molar-refractivity contribution in [2.24, 2.45) is 0 Å². The second kappa shape index (κ2) is 8.39. The molecule has 1 aromatic carbocycles. The van der Waals surface area contributed by atoms with Crippen molar-refractivity contribution in [2.45, 2.75) is 20.4 Å². The molecule has 1 N–H and O–H groups in total. The highest BCUT2D eigenvalue weighted by Gasteiger charge is 2.24. The molecule has 0 saturated carbocycles. The Balaban J connectivity index is 1.38. The van der Waals surface area contributed by atoms with Crippen LogP contribution in [0, 0.1) is 13.8 Å². The molecule has 0 unspecified atom stereocenters. The van der Waals surface area contributed by atoms with Crippen LogP contribution in [-0.2, 0) is 6.54 Å². The van der Waals surface area contributed by atoms with Crippen molar-refractivity contribution in [3.05, 3.63) is 77.5 Å². The van der Waals surface area contributed by atoms with E-state index in [0.717, 1.165) is 24.5 Å². The Labute approximate surface area is 171 Å². The number of aryl methyl sites for hydroxylation is 1. The van der Waals surface area contributed by atoms with Crippen LogP contribution in [0.4, 0.5) is 11.4 Å². The van der Waals surface area contributed by atoms with Crippen molar-refractivity contribution in [3.8, 4) is 0 Å². The summed E-state index contributed by atoms with van der Waals surface area (Å²) >= 11 is 0. The van der Waals surface area contributed by atoms with Gasteiger partial charge in [0.25, 0.3) is 5.91 Å². The second-order valence-electron chi connectivity index (χ2n) is 7.36. The SMILES string of the molecule is Cc1cccc(N2CCN(C(=O)c3cc(NCc4ccco4)ccn3)CC2)c1C. The monoisotopic (exact) mass is 390 g/mol. The van der Waals surface area contributed by atoms with Crippen LogP contribution in [0.5, 0.6) is 0 Å². The van der Waals surface area contributed by atoms with Gasteiger partial charge in [0.2, 0.25) is 0 Å². The number of piperazine rings is 1. The average Bonchev–Trinajstić information content (AvgIpc) is 3.28. The molecular weight excluding hydrogens is 364 g/mol. The summed E-state index contributed by atoms with van der Waals surface area (Å²) in [6, 6.07) is 13.8. The first-order chi connectivity index (χ1) is 14.1. The second-order valence-corrected chi connectivity index (χ2v) is 7.36. The van der Waals surface area contributed by atoms with Crippen LogP contribution in [-0.4, -0.2) is 42.0 Å². The van der Waals surface area contributed by atoms with Gasteiger partial charge in [-0.3, -0.25) is 9.78 Å². The number of carbonyl (C=O) groups excluding carboxylic acids is 1. The number of furan rings is 1. The molecule has 3 aromatic rings. The van der Waals surface area contributed by atoms with Crippen molar-refractivity contribution in [1.82, 2.24) is 9.88 Å². The molecule has 4 rings (SSSR count). The van der Waals surface area contributed by atoms with E-state index < -0.39 is 0 Å². The predicted octanol–water partition coefficient (Wildman–Crippen LogP) is 3.87. The number of pyridine rings is 1. The number of rotatable bonds is 5. The Bertz CT molecular complexity index is 976. The van der Waals surface area contributed by atoms with Gasteiger partial charge < -0.3 is 19.5 Å². The van der Waals surface area contributed by atoms with E-state index >= 15 is 0 Å². The van der Waals surface area contributed by atoms with Crippen LogP contribution in [0.1, 0.15) is 27.4 Å². The van der Waals surface area contributed by atoms with Crippen molar-refractivity contribution < 1.29 is 9.21 Å². The molecule has 0 bridgehead atoms. The molecule has 2 aromatic heterocycles. The highest BCUT2D eigenvalue weighted by Crippen LogP contribution is 2.24. The quantitative estimate of drug-likeness (QED) is 0.717. The molecule has 1 fully saturated rings. The summed E-state index contributed by atoms with van der Waals surface area (Å²) < 4.78 is 5.33. The molecule has 0 atom stereocenters. The average molecular weight is 390 g/mol. The number of nitrogens with one attached hydrogen (secondary N) is 1. The first kappa shape index (κ1) is 19.1. The van der Waals surface area contributed by atoms with E-state index in [1.165, 1.54) is 16.8 Å². The predicted molar refractivity (Wildman–Crippen MR) is 114 cm³/mol. The Hall–Kier alpha value is -3.28.